The van der Waals surface area contributed by atoms with Crippen molar-refractivity contribution >= 4 is 40.4 Å². The van der Waals surface area contributed by atoms with Crippen molar-refractivity contribution in [3.63, 3.8) is 0 Å². The van der Waals surface area contributed by atoms with Gasteiger partial charge in [0.05, 0.1) is 16.2 Å². The summed E-state index contributed by atoms with van der Waals surface area (Å²) in [6, 6.07) is 15.5. The van der Waals surface area contributed by atoms with Crippen LogP contribution in [0.25, 0.3) is 5.76 Å². The molecule has 0 spiro atoms. The number of carbonyl (C=O) groups is 2. The molecule has 1 aliphatic heterocycles. The van der Waals surface area contributed by atoms with E-state index in [0.717, 1.165) is 0 Å². The lowest BCUT2D eigenvalue weighted by Crippen LogP contribution is -2.29. The maximum Gasteiger partial charge on any atom is 0.300 e. The van der Waals surface area contributed by atoms with Crippen LogP contribution in [0.1, 0.15) is 17.3 Å². The number of aliphatic hydroxyl groups excluding tert-OH is 1. The number of ketones is 1. The summed E-state index contributed by atoms with van der Waals surface area (Å²) in [7, 11) is 0. The first-order chi connectivity index (χ1) is 14.9. The molecule has 1 N–H and O–H groups in total. The Bertz CT molecular complexity index is 1230. The van der Waals surface area contributed by atoms with Gasteiger partial charge in [-0.1, -0.05) is 23.7 Å². The third-order valence-electron chi connectivity index (χ3n) is 4.85. The minimum Gasteiger partial charge on any atom is -0.507 e. The number of carbonyl (C=O) groups excluding carboxylic acids is 2. The van der Waals surface area contributed by atoms with E-state index in [4.69, 9.17) is 11.6 Å². The van der Waals surface area contributed by atoms with Gasteiger partial charge in [-0.2, -0.15) is 0 Å². The number of benzene rings is 2. The number of hydrogen-bond acceptors (Lipinski definition) is 6. The number of nitro groups is 1. The molecule has 0 bridgehead atoms. The van der Waals surface area contributed by atoms with Gasteiger partial charge in [0.1, 0.15) is 11.8 Å². The van der Waals surface area contributed by atoms with Crippen LogP contribution < -0.4 is 4.90 Å². The fourth-order valence-corrected chi connectivity index (χ4v) is 3.62. The first-order valence-electron chi connectivity index (χ1n) is 9.11. The van der Waals surface area contributed by atoms with E-state index >= 15 is 0 Å². The minimum absolute atomic E-state index is 0.163. The van der Waals surface area contributed by atoms with Crippen LogP contribution in [0, 0.1) is 10.1 Å². The Labute approximate surface area is 181 Å². The van der Waals surface area contributed by atoms with Crippen LogP contribution in [-0.4, -0.2) is 26.7 Å². The largest absolute Gasteiger partial charge is 0.507 e. The van der Waals surface area contributed by atoms with Gasteiger partial charge in [0, 0.05) is 34.6 Å². The molecule has 1 amide bonds. The molecule has 154 valence electrons. The van der Waals surface area contributed by atoms with E-state index < -0.39 is 28.4 Å². The second kappa shape index (κ2) is 8.00. The molecule has 0 saturated carbocycles. The van der Waals surface area contributed by atoms with Gasteiger partial charge in [-0.05, 0) is 42.5 Å². The zero-order valence-corrected chi connectivity index (χ0v) is 16.6. The van der Waals surface area contributed by atoms with Crippen molar-refractivity contribution in [3.8, 4) is 0 Å². The van der Waals surface area contributed by atoms with Crippen LogP contribution in [0.5, 0.6) is 0 Å². The fraction of sp³-hybridized carbons (Fsp3) is 0.0455. The molecule has 1 fully saturated rings. The number of rotatable bonds is 4. The monoisotopic (exact) mass is 435 g/mol. The highest BCUT2D eigenvalue weighted by atomic mass is 35.5. The van der Waals surface area contributed by atoms with Crippen LogP contribution in [0.4, 0.5) is 11.4 Å². The number of nitro benzene ring substituents is 1. The van der Waals surface area contributed by atoms with Crippen molar-refractivity contribution in [2.45, 2.75) is 6.04 Å². The highest BCUT2D eigenvalue weighted by Gasteiger charge is 2.47. The Morgan fingerprint density at radius 1 is 1.06 bits per heavy atom. The van der Waals surface area contributed by atoms with Crippen molar-refractivity contribution in [1.82, 2.24) is 4.98 Å². The molecule has 4 rings (SSSR count). The molecule has 9 heteroatoms. The summed E-state index contributed by atoms with van der Waals surface area (Å²) in [5.41, 5.74) is 0.559. The fourth-order valence-electron chi connectivity index (χ4n) is 3.44. The lowest BCUT2D eigenvalue weighted by atomic mass is 9.98. The molecule has 1 aromatic heterocycles. The second-order valence-electron chi connectivity index (χ2n) is 6.71. The molecule has 1 unspecified atom stereocenters. The number of halogens is 1. The van der Waals surface area contributed by atoms with Gasteiger partial charge in [0.15, 0.2) is 0 Å². The molecule has 0 radical (unpaired) electrons. The zero-order valence-electron chi connectivity index (χ0n) is 15.8. The Morgan fingerprint density at radius 3 is 2.42 bits per heavy atom. The topological polar surface area (TPSA) is 114 Å². The van der Waals surface area contributed by atoms with Crippen molar-refractivity contribution in [2.75, 3.05) is 4.90 Å². The Morgan fingerprint density at radius 2 is 1.81 bits per heavy atom. The molecule has 1 aliphatic rings. The summed E-state index contributed by atoms with van der Waals surface area (Å²) in [6.45, 7) is 0. The number of non-ortho nitro benzene ring substituents is 1. The number of pyridine rings is 1. The van der Waals surface area contributed by atoms with Gasteiger partial charge < -0.3 is 5.11 Å². The van der Waals surface area contributed by atoms with Crippen molar-refractivity contribution in [3.05, 3.63) is 105 Å². The van der Waals surface area contributed by atoms with Crippen LogP contribution in [-0.2, 0) is 9.59 Å². The number of hydrogen-bond donors (Lipinski definition) is 1. The number of anilines is 1. The van der Waals surface area contributed by atoms with Crippen molar-refractivity contribution in [1.29, 1.82) is 0 Å². The Kier molecular flexibility index (Phi) is 5.22. The van der Waals surface area contributed by atoms with Crippen molar-refractivity contribution < 1.29 is 19.6 Å². The van der Waals surface area contributed by atoms with Crippen LogP contribution in [0.15, 0.2) is 78.5 Å². The first-order valence-corrected chi connectivity index (χ1v) is 9.48. The molecule has 2 aromatic carbocycles. The van der Waals surface area contributed by atoms with E-state index in [1.165, 1.54) is 41.4 Å². The quantitative estimate of drug-likeness (QED) is 0.215. The summed E-state index contributed by atoms with van der Waals surface area (Å²) in [5.74, 6) is -2.19. The average Bonchev–Trinajstić information content (AvgIpc) is 3.04. The lowest BCUT2D eigenvalue weighted by Gasteiger charge is -2.24. The molecular formula is C22H14ClN3O5. The average molecular weight is 436 g/mol. The molecule has 8 nitrogen and oxygen atoms in total. The zero-order chi connectivity index (χ0) is 22.1. The van der Waals surface area contributed by atoms with Gasteiger partial charge in [-0.15, -0.1) is 0 Å². The minimum atomic E-state index is -1.00. The number of aromatic nitrogens is 1. The van der Waals surface area contributed by atoms with Gasteiger partial charge in [-0.3, -0.25) is 29.6 Å². The SMILES string of the molecule is O=C1C(=O)N(c2cccc(Cl)c2)C(c2ccccn2)/C1=C(\O)c1ccc([N+](=O)[O-])cc1. The first kappa shape index (κ1) is 20.2. The molecule has 0 aliphatic carbocycles. The Balaban J connectivity index is 1.91. The van der Waals surface area contributed by atoms with E-state index in [2.05, 4.69) is 4.98 Å². The molecular weight excluding hydrogens is 422 g/mol. The maximum atomic E-state index is 13.0. The number of nitrogens with zero attached hydrogens (tertiary/aromatic N) is 3. The molecule has 31 heavy (non-hydrogen) atoms. The third-order valence-corrected chi connectivity index (χ3v) is 5.09. The third kappa shape index (κ3) is 3.64. The van der Waals surface area contributed by atoms with Gasteiger partial charge >= 0.3 is 0 Å². The summed E-state index contributed by atoms with van der Waals surface area (Å²) < 4.78 is 0. The number of aliphatic hydroxyl groups is 1. The summed E-state index contributed by atoms with van der Waals surface area (Å²) in [6.07, 6.45) is 1.51. The van der Waals surface area contributed by atoms with Gasteiger partial charge in [0.2, 0.25) is 0 Å². The second-order valence-corrected chi connectivity index (χ2v) is 7.14. The van der Waals surface area contributed by atoms with E-state index in [1.54, 1.807) is 36.4 Å². The van der Waals surface area contributed by atoms with Crippen LogP contribution in [0.3, 0.4) is 0 Å². The predicted molar refractivity (Wildman–Crippen MR) is 114 cm³/mol. The molecule has 2 heterocycles. The number of Topliss-reactive ketones (excluding diaryl/α,β-unsaturated/α-hetero) is 1. The summed E-state index contributed by atoms with van der Waals surface area (Å²) in [5, 5.41) is 22.2. The highest BCUT2D eigenvalue weighted by molar-refractivity contribution is 6.51. The molecule has 1 saturated heterocycles. The standard InChI is InChI=1S/C22H14ClN3O5/c23-14-4-3-5-16(12-14)25-19(17-6-1-2-11-24-17)18(21(28)22(25)29)20(27)13-7-9-15(10-8-13)26(30)31/h1-12,19,27H/b20-18+. The van der Waals surface area contributed by atoms with Gasteiger partial charge in [-0.25, -0.2) is 0 Å². The van der Waals surface area contributed by atoms with Crippen LogP contribution >= 0.6 is 11.6 Å². The summed E-state index contributed by atoms with van der Waals surface area (Å²) >= 11 is 6.08. The lowest BCUT2D eigenvalue weighted by molar-refractivity contribution is -0.384. The highest BCUT2D eigenvalue weighted by Crippen LogP contribution is 2.41. The smallest absolute Gasteiger partial charge is 0.300 e. The number of amides is 1. The van der Waals surface area contributed by atoms with E-state index in [0.29, 0.717) is 16.4 Å². The summed E-state index contributed by atoms with van der Waals surface area (Å²) in [4.78, 5) is 41.8. The maximum absolute atomic E-state index is 13.0. The van der Waals surface area contributed by atoms with E-state index in [1.807, 2.05) is 0 Å². The van der Waals surface area contributed by atoms with Crippen LogP contribution in [0.2, 0.25) is 5.02 Å². The van der Waals surface area contributed by atoms with E-state index in [-0.39, 0.29) is 16.8 Å². The molecule has 3 aromatic rings. The normalized spacial score (nSPS) is 17.7. The van der Waals surface area contributed by atoms with Crippen molar-refractivity contribution in [2.24, 2.45) is 0 Å². The molecule has 1 atom stereocenters. The predicted octanol–water partition coefficient (Wildman–Crippen LogP) is 4.27. The Hall–Kier alpha value is -4.04. The van der Waals surface area contributed by atoms with Gasteiger partial charge in [0.25, 0.3) is 17.4 Å². The van der Waals surface area contributed by atoms with E-state index in [9.17, 15) is 24.8 Å².